The van der Waals surface area contributed by atoms with Crippen LogP contribution in [0.15, 0.2) is 29.0 Å². The van der Waals surface area contributed by atoms with Crippen LogP contribution in [0, 0.1) is 6.92 Å². The molecule has 1 atom stereocenters. The number of hydrogen-bond donors (Lipinski definition) is 1. The number of nitrogens with zero attached hydrogens (tertiary/aromatic N) is 3. The van der Waals surface area contributed by atoms with E-state index in [2.05, 4.69) is 10.4 Å². The Kier molecular flexibility index (Phi) is 3.70. The number of carbonyl (C=O) groups is 2. The van der Waals surface area contributed by atoms with Crippen LogP contribution in [-0.4, -0.2) is 39.6 Å². The minimum absolute atomic E-state index is 0.0111. The van der Waals surface area contributed by atoms with Crippen LogP contribution in [-0.2, 0) is 4.79 Å². The normalized spacial score (nSPS) is 17.7. The lowest BCUT2D eigenvalue weighted by Gasteiger charge is -2.16. The Morgan fingerprint density at radius 1 is 1.41 bits per heavy atom. The molecule has 1 aliphatic heterocycles. The number of likely N-dealkylation sites (tertiary alicyclic amines) is 1. The van der Waals surface area contributed by atoms with Crippen LogP contribution in [0.3, 0.4) is 0 Å². The van der Waals surface area contributed by atoms with Gasteiger partial charge in [0.15, 0.2) is 5.82 Å². The van der Waals surface area contributed by atoms with E-state index in [1.807, 2.05) is 11.1 Å². The topological polar surface area (TPSA) is 80.4 Å². The molecule has 3 rings (SSSR count). The average molecular weight is 302 g/mol. The van der Waals surface area contributed by atoms with Crippen molar-refractivity contribution in [1.29, 1.82) is 0 Å². The van der Waals surface area contributed by atoms with E-state index in [4.69, 9.17) is 4.42 Å². The Morgan fingerprint density at radius 3 is 2.91 bits per heavy atom. The van der Waals surface area contributed by atoms with Gasteiger partial charge >= 0.3 is 0 Å². The van der Waals surface area contributed by atoms with Crippen LogP contribution in [0.25, 0.3) is 0 Å². The summed E-state index contributed by atoms with van der Waals surface area (Å²) in [5, 5.41) is 6.98. The molecule has 0 aliphatic carbocycles. The predicted octanol–water partition coefficient (Wildman–Crippen LogP) is 1.83. The fourth-order valence-corrected chi connectivity index (χ4v) is 2.71. The van der Waals surface area contributed by atoms with E-state index in [1.54, 1.807) is 23.7 Å². The zero-order valence-electron chi connectivity index (χ0n) is 12.6. The highest BCUT2D eigenvalue weighted by molar-refractivity contribution is 5.95. The second-order valence-corrected chi connectivity index (χ2v) is 5.45. The van der Waals surface area contributed by atoms with Crippen LogP contribution < -0.4 is 5.32 Å². The lowest BCUT2D eigenvalue weighted by atomic mass is 10.2. The first-order valence-electron chi connectivity index (χ1n) is 7.20. The standard InChI is InChI=1S/C15H18N4O3/c1-10-13(5-8-22-10)15(21)18-6-3-12(9-18)19-7-4-14(17-19)16-11(2)20/h4-5,7-8,12H,3,6,9H2,1-2H3,(H,16,17,20)/t12-/m1/s1. The van der Waals surface area contributed by atoms with E-state index in [9.17, 15) is 9.59 Å². The summed E-state index contributed by atoms with van der Waals surface area (Å²) in [4.78, 5) is 25.3. The van der Waals surface area contributed by atoms with Crippen LogP contribution in [0.4, 0.5) is 5.82 Å². The summed E-state index contributed by atoms with van der Waals surface area (Å²) in [7, 11) is 0. The van der Waals surface area contributed by atoms with Crippen LogP contribution >= 0.6 is 0 Å². The number of nitrogens with one attached hydrogen (secondary N) is 1. The Hall–Kier alpha value is -2.57. The number of amides is 2. The summed E-state index contributed by atoms with van der Waals surface area (Å²) < 4.78 is 7.00. The van der Waals surface area contributed by atoms with Gasteiger partial charge in [0.1, 0.15) is 5.76 Å². The van der Waals surface area contributed by atoms with Crippen LogP contribution in [0.5, 0.6) is 0 Å². The van der Waals surface area contributed by atoms with Gasteiger partial charge in [-0.15, -0.1) is 0 Å². The minimum atomic E-state index is -0.149. The third-order valence-corrected chi connectivity index (χ3v) is 3.83. The van der Waals surface area contributed by atoms with Crippen molar-refractivity contribution in [3.8, 4) is 0 Å². The molecule has 2 aromatic heterocycles. The Balaban J connectivity index is 1.67. The molecule has 0 unspecified atom stereocenters. The summed E-state index contributed by atoms with van der Waals surface area (Å²) in [6.45, 7) is 4.52. The van der Waals surface area contributed by atoms with Gasteiger partial charge < -0.3 is 14.6 Å². The maximum absolute atomic E-state index is 12.4. The molecule has 1 aliphatic rings. The Labute approximate surface area is 127 Å². The lowest BCUT2D eigenvalue weighted by Crippen LogP contribution is -2.29. The molecular formula is C15H18N4O3. The van der Waals surface area contributed by atoms with Crippen molar-refractivity contribution in [1.82, 2.24) is 14.7 Å². The molecule has 0 spiro atoms. The van der Waals surface area contributed by atoms with Gasteiger partial charge in [0.2, 0.25) is 5.91 Å². The number of rotatable bonds is 3. The van der Waals surface area contributed by atoms with Crippen molar-refractivity contribution >= 4 is 17.6 Å². The summed E-state index contributed by atoms with van der Waals surface area (Å²) >= 11 is 0. The first-order chi connectivity index (χ1) is 10.5. The van der Waals surface area contributed by atoms with Gasteiger partial charge in [0.05, 0.1) is 17.9 Å². The third kappa shape index (κ3) is 2.74. The first kappa shape index (κ1) is 14.4. The number of aromatic nitrogens is 2. The van der Waals surface area contributed by atoms with Crippen molar-refractivity contribution in [2.45, 2.75) is 26.3 Å². The molecule has 3 heterocycles. The van der Waals surface area contributed by atoms with Gasteiger partial charge in [-0.25, -0.2) is 0 Å². The Morgan fingerprint density at radius 2 is 2.23 bits per heavy atom. The quantitative estimate of drug-likeness (QED) is 0.938. The molecule has 1 N–H and O–H groups in total. The van der Waals surface area contributed by atoms with Gasteiger partial charge in [-0.1, -0.05) is 0 Å². The molecule has 2 amide bonds. The van der Waals surface area contributed by atoms with E-state index in [0.717, 1.165) is 6.42 Å². The minimum Gasteiger partial charge on any atom is -0.469 e. The van der Waals surface area contributed by atoms with E-state index in [-0.39, 0.29) is 17.9 Å². The molecule has 2 aromatic rings. The van der Waals surface area contributed by atoms with Gasteiger partial charge in [-0.05, 0) is 19.4 Å². The van der Waals surface area contributed by atoms with Crippen molar-refractivity contribution in [2.75, 3.05) is 18.4 Å². The van der Waals surface area contributed by atoms with E-state index < -0.39 is 0 Å². The lowest BCUT2D eigenvalue weighted by molar-refractivity contribution is -0.114. The maximum Gasteiger partial charge on any atom is 0.257 e. The summed E-state index contributed by atoms with van der Waals surface area (Å²) in [6, 6.07) is 3.58. The number of hydrogen-bond acceptors (Lipinski definition) is 4. The smallest absolute Gasteiger partial charge is 0.257 e. The molecule has 0 radical (unpaired) electrons. The highest BCUT2D eigenvalue weighted by Gasteiger charge is 2.29. The van der Waals surface area contributed by atoms with Gasteiger partial charge in [0.25, 0.3) is 5.91 Å². The van der Waals surface area contributed by atoms with E-state index in [0.29, 0.717) is 30.2 Å². The zero-order valence-corrected chi connectivity index (χ0v) is 12.6. The average Bonchev–Trinajstić information content (AvgIpc) is 3.16. The van der Waals surface area contributed by atoms with Crippen LogP contribution in [0.2, 0.25) is 0 Å². The maximum atomic E-state index is 12.4. The summed E-state index contributed by atoms with van der Waals surface area (Å²) in [5.41, 5.74) is 0.611. The fraction of sp³-hybridized carbons (Fsp3) is 0.400. The highest BCUT2D eigenvalue weighted by Crippen LogP contribution is 2.24. The van der Waals surface area contributed by atoms with Gasteiger partial charge in [0, 0.05) is 32.3 Å². The second kappa shape index (κ2) is 5.67. The van der Waals surface area contributed by atoms with Crippen molar-refractivity contribution < 1.29 is 14.0 Å². The SMILES string of the molecule is CC(=O)Nc1ccn([C@@H]2CCN(C(=O)c3ccoc3C)C2)n1. The second-order valence-electron chi connectivity index (χ2n) is 5.45. The van der Waals surface area contributed by atoms with E-state index in [1.165, 1.54) is 13.2 Å². The molecule has 7 heteroatoms. The molecule has 0 saturated carbocycles. The largest absolute Gasteiger partial charge is 0.469 e. The van der Waals surface area contributed by atoms with Crippen molar-refractivity contribution in [2.24, 2.45) is 0 Å². The zero-order chi connectivity index (χ0) is 15.7. The predicted molar refractivity (Wildman–Crippen MR) is 79.5 cm³/mol. The molecule has 22 heavy (non-hydrogen) atoms. The summed E-state index contributed by atoms with van der Waals surface area (Å²) in [5.74, 6) is 1.01. The number of aryl methyl sites for hydroxylation is 1. The molecule has 0 bridgehead atoms. The fourth-order valence-electron chi connectivity index (χ4n) is 2.71. The monoisotopic (exact) mass is 302 g/mol. The van der Waals surface area contributed by atoms with Crippen molar-refractivity contribution in [3.63, 3.8) is 0 Å². The van der Waals surface area contributed by atoms with Gasteiger partial charge in [-0.2, -0.15) is 5.10 Å². The van der Waals surface area contributed by atoms with Gasteiger partial charge in [-0.3, -0.25) is 14.3 Å². The first-order valence-corrected chi connectivity index (χ1v) is 7.20. The molecular weight excluding hydrogens is 284 g/mol. The Bertz CT molecular complexity index is 703. The third-order valence-electron chi connectivity index (χ3n) is 3.83. The molecule has 7 nitrogen and oxygen atoms in total. The highest BCUT2D eigenvalue weighted by atomic mass is 16.3. The molecule has 1 fully saturated rings. The van der Waals surface area contributed by atoms with Crippen molar-refractivity contribution in [3.05, 3.63) is 35.9 Å². The molecule has 1 saturated heterocycles. The molecule has 116 valence electrons. The summed E-state index contributed by atoms with van der Waals surface area (Å²) in [6.07, 6.45) is 4.19. The number of furan rings is 1. The number of anilines is 1. The van der Waals surface area contributed by atoms with Crippen LogP contribution in [0.1, 0.15) is 35.5 Å². The molecule has 0 aromatic carbocycles. The number of carbonyl (C=O) groups excluding carboxylic acids is 2. The van der Waals surface area contributed by atoms with E-state index >= 15 is 0 Å².